The predicted octanol–water partition coefficient (Wildman–Crippen LogP) is 5.22. The zero-order chi connectivity index (χ0) is 21.5. The Bertz CT molecular complexity index is 1020. The Kier molecular flexibility index (Phi) is 6.80. The maximum absolute atomic E-state index is 12.9. The predicted molar refractivity (Wildman–Crippen MR) is 115 cm³/mol. The summed E-state index contributed by atoms with van der Waals surface area (Å²) in [7, 11) is 0. The highest BCUT2D eigenvalue weighted by Crippen LogP contribution is 2.23. The smallest absolute Gasteiger partial charge is 0.262 e. The largest absolute Gasteiger partial charge is 0.484 e. The maximum Gasteiger partial charge on any atom is 0.262 e. The second-order valence-corrected chi connectivity index (χ2v) is 7.06. The van der Waals surface area contributed by atoms with Crippen LogP contribution in [0.25, 0.3) is 0 Å². The zero-order valence-corrected chi connectivity index (χ0v) is 16.8. The molecule has 0 aliphatic rings. The molecule has 0 radical (unpaired) electrons. The molecule has 154 valence electrons. The minimum atomic E-state index is -0.369. The molecule has 30 heavy (non-hydrogen) atoms. The number of ether oxygens (including phenoxy) is 1. The number of carbonyl (C=O) groups excluding carboxylic acids is 2. The quantitative estimate of drug-likeness (QED) is 0.565. The number of anilines is 2. The highest BCUT2D eigenvalue weighted by Gasteiger charge is 2.10. The van der Waals surface area contributed by atoms with Crippen LogP contribution in [-0.4, -0.2) is 18.4 Å². The molecule has 0 saturated heterocycles. The molecule has 0 atom stereocenters. The molecule has 0 bridgehead atoms. The minimum Gasteiger partial charge on any atom is -0.484 e. The van der Waals surface area contributed by atoms with E-state index in [2.05, 4.69) is 24.5 Å². The lowest BCUT2D eigenvalue weighted by atomic mass is 10.0. The molecule has 0 aromatic heterocycles. The van der Waals surface area contributed by atoms with E-state index in [9.17, 15) is 14.0 Å². The van der Waals surface area contributed by atoms with Crippen LogP contribution in [-0.2, 0) is 4.79 Å². The van der Waals surface area contributed by atoms with Crippen molar-refractivity contribution in [2.45, 2.75) is 19.8 Å². The SMILES string of the molecule is CC(C)c1ccccc1NC(=O)COc1ccc(C(=O)Nc2ccc(F)cc2)cc1. The molecule has 3 aromatic carbocycles. The third-order valence-corrected chi connectivity index (χ3v) is 4.45. The molecule has 2 N–H and O–H groups in total. The van der Waals surface area contributed by atoms with Gasteiger partial charge in [0.2, 0.25) is 0 Å². The first-order valence-electron chi connectivity index (χ1n) is 9.61. The molecule has 0 saturated carbocycles. The van der Waals surface area contributed by atoms with Gasteiger partial charge in [0.1, 0.15) is 11.6 Å². The number of amides is 2. The van der Waals surface area contributed by atoms with Crippen molar-refractivity contribution in [2.24, 2.45) is 0 Å². The van der Waals surface area contributed by atoms with E-state index in [1.54, 1.807) is 24.3 Å². The van der Waals surface area contributed by atoms with Gasteiger partial charge in [-0.15, -0.1) is 0 Å². The fraction of sp³-hybridized carbons (Fsp3) is 0.167. The van der Waals surface area contributed by atoms with Crippen LogP contribution in [0.4, 0.5) is 15.8 Å². The van der Waals surface area contributed by atoms with Gasteiger partial charge in [-0.2, -0.15) is 0 Å². The lowest BCUT2D eigenvalue weighted by Crippen LogP contribution is -2.21. The van der Waals surface area contributed by atoms with Gasteiger partial charge in [0.05, 0.1) is 0 Å². The first-order valence-corrected chi connectivity index (χ1v) is 9.61. The van der Waals surface area contributed by atoms with Crippen molar-refractivity contribution in [2.75, 3.05) is 17.2 Å². The molecular formula is C24H23FN2O3. The van der Waals surface area contributed by atoms with E-state index in [4.69, 9.17) is 4.74 Å². The van der Waals surface area contributed by atoms with E-state index in [1.807, 2.05) is 24.3 Å². The molecule has 0 unspecified atom stereocenters. The minimum absolute atomic E-state index is 0.145. The number of carbonyl (C=O) groups is 2. The Balaban J connectivity index is 1.53. The van der Waals surface area contributed by atoms with Crippen LogP contribution in [0.2, 0.25) is 0 Å². The monoisotopic (exact) mass is 406 g/mol. The summed E-state index contributed by atoms with van der Waals surface area (Å²) in [5.41, 5.74) is 2.75. The highest BCUT2D eigenvalue weighted by molar-refractivity contribution is 6.04. The van der Waals surface area contributed by atoms with Crippen LogP contribution in [0.5, 0.6) is 5.75 Å². The van der Waals surface area contributed by atoms with Crippen molar-refractivity contribution in [1.29, 1.82) is 0 Å². The van der Waals surface area contributed by atoms with Crippen molar-refractivity contribution < 1.29 is 18.7 Å². The van der Waals surface area contributed by atoms with Gasteiger partial charge in [0, 0.05) is 16.9 Å². The fourth-order valence-electron chi connectivity index (χ4n) is 2.89. The van der Waals surface area contributed by atoms with Gasteiger partial charge in [-0.3, -0.25) is 9.59 Å². The van der Waals surface area contributed by atoms with Gasteiger partial charge >= 0.3 is 0 Å². The van der Waals surface area contributed by atoms with Crippen molar-refractivity contribution in [3.8, 4) is 5.75 Å². The van der Waals surface area contributed by atoms with E-state index in [0.29, 0.717) is 17.0 Å². The maximum atomic E-state index is 12.9. The average molecular weight is 406 g/mol. The van der Waals surface area contributed by atoms with E-state index < -0.39 is 0 Å². The lowest BCUT2D eigenvalue weighted by Gasteiger charge is -2.14. The molecule has 3 aromatic rings. The summed E-state index contributed by atoms with van der Waals surface area (Å²) in [4.78, 5) is 24.5. The van der Waals surface area contributed by atoms with Crippen LogP contribution in [0.3, 0.4) is 0 Å². The van der Waals surface area contributed by atoms with E-state index in [1.165, 1.54) is 24.3 Å². The van der Waals surface area contributed by atoms with Crippen LogP contribution in [0, 0.1) is 5.82 Å². The molecule has 3 rings (SSSR count). The molecule has 6 heteroatoms. The number of hydrogen-bond acceptors (Lipinski definition) is 3. The molecule has 0 aliphatic heterocycles. The summed E-state index contributed by atoms with van der Waals surface area (Å²) in [6.07, 6.45) is 0. The second-order valence-electron chi connectivity index (χ2n) is 7.06. The molecule has 2 amide bonds. The fourth-order valence-corrected chi connectivity index (χ4v) is 2.89. The van der Waals surface area contributed by atoms with Crippen molar-refractivity contribution in [1.82, 2.24) is 0 Å². The Hall–Kier alpha value is -3.67. The summed E-state index contributed by atoms with van der Waals surface area (Å²) in [5.74, 6) is -0.194. The number of rotatable bonds is 7. The number of para-hydroxylation sites is 1. The Morgan fingerprint density at radius 2 is 1.57 bits per heavy atom. The molecule has 0 aliphatic carbocycles. The van der Waals surface area contributed by atoms with Gasteiger partial charge in [-0.25, -0.2) is 4.39 Å². The van der Waals surface area contributed by atoms with Gasteiger partial charge in [-0.1, -0.05) is 32.0 Å². The van der Waals surface area contributed by atoms with Crippen molar-refractivity contribution in [3.05, 3.63) is 89.7 Å². The van der Waals surface area contributed by atoms with Crippen molar-refractivity contribution in [3.63, 3.8) is 0 Å². The topological polar surface area (TPSA) is 67.4 Å². The van der Waals surface area contributed by atoms with Crippen LogP contribution in [0.15, 0.2) is 72.8 Å². The Morgan fingerprint density at radius 1 is 0.900 bits per heavy atom. The highest BCUT2D eigenvalue weighted by atomic mass is 19.1. The van der Waals surface area contributed by atoms with Gasteiger partial charge in [-0.05, 0) is 66.1 Å². The third-order valence-electron chi connectivity index (χ3n) is 4.45. The molecule has 0 fully saturated rings. The summed E-state index contributed by atoms with van der Waals surface area (Å²) >= 11 is 0. The normalized spacial score (nSPS) is 10.5. The number of hydrogen-bond donors (Lipinski definition) is 2. The van der Waals surface area contributed by atoms with E-state index >= 15 is 0 Å². The average Bonchev–Trinajstić information content (AvgIpc) is 2.74. The van der Waals surface area contributed by atoms with Gasteiger partial charge in [0.15, 0.2) is 6.61 Å². The number of halogens is 1. The standard InChI is InChI=1S/C24H23FN2O3/c1-16(2)21-5-3-4-6-22(21)27-23(28)15-30-20-13-7-17(8-14-20)24(29)26-19-11-9-18(25)10-12-19/h3-14,16H,15H2,1-2H3,(H,26,29)(H,27,28). The first kappa shape index (κ1) is 21.0. The van der Waals surface area contributed by atoms with Crippen LogP contribution < -0.4 is 15.4 Å². The molecule has 5 nitrogen and oxygen atoms in total. The van der Waals surface area contributed by atoms with Crippen molar-refractivity contribution >= 4 is 23.2 Å². The van der Waals surface area contributed by atoms with Crippen LogP contribution >= 0.6 is 0 Å². The summed E-state index contributed by atoms with van der Waals surface area (Å²) in [6, 6.07) is 19.6. The molecule has 0 spiro atoms. The third kappa shape index (κ3) is 5.67. The van der Waals surface area contributed by atoms with E-state index in [-0.39, 0.29) is 30.2 Å². The Morgan fingerprint density at radius 3 is 2.23 bits per heavy atom. The Labute approximate surface area is 174 Å². The zero-order valence-electron chi connectivity index (χ0n) is 16.8. The van der Waals surface area contributed by atoms with Crippen LogP contribution in [0.1, 0.15) is 35.7 Å². The molecular weight excluding hydrogens is 383 g/mol. The summed E-state index contributed by atoms with van der Waals surface area (Å²) < 4.78 is 18.5. The number of nitrogens with one attached hydrogen (secondary N) is 2. The number of benzene rings is 3. The molecule has 0 heterocycles. The summed E-state index contributed by atoms with van der Waals surface area (Å²) in [5, 5.41) is 5.55. The van der Waals surface area contributed by atoms with Gasteiger partial charge < -0.3 is 15.4 Å². The first-order chi connectivity index (χ1) is 14.4. The van der Waals surface area contributed by atoms with Gasteiger partial charge in [0.25, 0.3) is 11.8 Å². The lowest BCUT2D eigenvalue weighted by molar-refractivity contribution is -0.118. The summed E-state index contributed by atoms with van der Waals surface area (Å²) in [6.45, 7) is 3.98. The van der Waals surface area contributed by atoms with E-state index in [0.717, 1.165) is 11.3 Å². The second kappa shape index (κ2) is 9.69.